The van der Waals surface area contributed by atoms with Gasteiger partial charge in [0.05, 0.1) is 5.69 Å². The number of para-hydroxylation sites is 2. The summed E-state index contributed by atoms with van der Waals surface area (Å²) >= 11 is 0. The highest BCUT2D eigenvalue weighted by Crippen LogP contribution is 2.33. The number of aromatic nitrogens is 4. The van der Waals surface area contributed by atoms with Gasteiger partial charge in [-0.1, -0.05) is 12.1 Å². The summed E-state index contributed by atoms with van der Waals surface area (Å²) in [6.45, 7) is 2.26. The molecule has 4 rings (SSSR count). The van der Waals surface area contributed by atoms with E-state index in [-0.39, 0.29) is 0 Å². The summed E-state index contributed by atoms with van der Waals surface area (Å²) in [4.78, 5) is 4.21. The Morgan fingerprint density at radius 2 is 2.11 bits per heavy atom. The topological polar surface area (TPSA) is 66.0 Å². The van der Waals surface area contributed by atoms with Crippen molar-refractivity contribution in [3.63, 3.8) is 0 Å². The molecule has 19 heavy (non-hydrogen) atoms. The molecule has 0 fully saturated rings. The Morgan fingerprint density at radius 3 is 2.95 bits per heavy atom. The second-order valence-electron chi connectivity index (χ2n) is 4.29. The Labute approximate surface area is 108 Å². The first-order valence-electron chi connectivity index (χ1n) is 5.91. The zero-order chi connectivity index (χ0) is 12.8. The normalized spacial score (nSPS) is 12.7. The van der Waals surface area contributed by atoms with Crippen molar-refractivity contribution in [2.75, 3.05) is 0 Å². The second-order valence-corrected chi connectivity index (χ2v) is 4.29. The first-order valence-corrected chi connectivity index (χ1v) is 5.91. The number of hydrogen-bond donors (Lipinski definition) is 0. The largest absolute Gasteiger partial charge is 0.483 e. The molecule has 0 saturated carbocycles. The molecule has 0 atom stereocenters. The average molecular weight is 254 g/mol. The second kappa shape index (κ2) is 3.68. The fourth-order valence-corrected chi connectivity index (χ4v) is 2.24. The molecule has 0 spiro atoms. The molecule has 0 bridgehead atoms. The van der Waals surface area contributed by atoms with Crippen molar-refractivity contribution in [1.29, 1.82) is 0 Å². The van der Waals surface area contributed by atoms with E-state index in [0.29, 0.717) is 18.1 Å². The van der Waals surface area contributed by atoms with Crippen molar-refractivity contribution in [2.45, 2.75) is 13.5 Å². The van der Waals surface area contributed by atoms with Crippen LogP contribution in [0.3, 0.4) is 0 Å². The lowest BCUT2D eigenvalue weighted by molar-refractivity contribution is 0.279. The van der Waals surface area contributed by atoms with E-state index in [1.165, 1.54) is 6.39 Å². The molecule has 0 saturated heterocycles. The summed E-state index contributed by atoms with van der Waals surface area (Å²) in [6.07, 6.45) is 1.41. The van der Waals surface area contributed by atoms with Crippen LogP contribution in [0.2, 0.25) is 0 Å². The van der Waals surface area contributed by atoms with Crippen molar-refractivity contribution in [1.82, 2.24) is 19.7 Å². The van der Waals surface area contributed by atoms with Crippen LogP contribution in [-0.4, -0.2) is 19.7 Å². The number of fused-ring (bicyclic) bond motifs is 3. The van der Waals surface area contributed by atoms with E-state index in [2.05, 4.69) is 15.2 Å². The minimum Gasteiger partial charge on any atom is -0.483 e. The molecule has 94 valence electrons. The smallest absolute Gasteiger partial charge is 0.191 e. The number of benzene rings is 1. The molecule has 0 amide bonds. The van der Waals surface area contributed by atoms with Gasteiger partial charge < -0.3 is 9.15 Å². The minimum absolute atomic E-state index is 0.404. The maximum atomic E-state index is 5.64. The van der Waals surface area contributed by atoms with Crippen LogP contribution in [0.25, 0.3) is 17.2 Å². The molecule has 1 aliphatic heterocycles. The molecule has 0 N–H and O–H groups in total. The van der Waals surface area contributed by atoms with Gasteiger partial charge in [0.1, 0.15) is 23.8 Å². The fourth-order valence-electron chi connectivity index (χ4n) is 2.24. The van der Waals surface area contributed by atoms with Crippen molar-refractivity contribution < 1.29 is 9.15 Å². The lowest BCUT2D eigenvalue weighted by Crippen LogP contribution is -2.13. The predicted molar refractivity (Wildman–Crippen MR) is 65.9 cm³/mol. The van der Waals surface area contributed by atoms with Gasteiger partial charge in [0.2, 0.25) is 0 Å². The molecule has 2 aromatic heterocycles. The van der Waals surface area contributed by atoms with Crippen LogP contribution < -0.4 is 4.74 Å². The van der Waals surface area contributed by atoms with Gasteiger partial charge in [-0.15, -0.1) is 10.2 Å². The summed E-state index contributed by atoms with van der Waals surface area (Å²) in [5.74, 6) is 2.98. The van der Waals surface area contributed by atoms with Gasteiger partial charge in [-0.2, -0.15) is 0 Å². The van der Waals surface area contributed by atoms with E-state index in [4.69, 9.17) is 9.15 Å². The van der Waals surface area contributed by atoms with Crippen molar-refractivity contribution >= 4 is 0 Å². The van der Waals surface area contributed by atoms with Crippen molar-refractivity contribution in [3.8, 4) is 23.0 Å². The third-order valence-corrected chi connectivity index (χ3v) is 3.15. The Bertz CT molecular complexity index is 760. The average Bonchev–Trinajstić information content (AvgIpc) is 3.04. The first-order chi connectivity index (χ1) is 9.34. The summed E-state index contributed by atoms with van der Waals surface area (Å²) in [6, 6.07) is 7.80. The van der Waals surface area contributed by atoms with E-state index < -0.39 is 0 Å². The SMILES string of the molecule is Cc1ocnc1-c1nnc2n1-c1ccccc1OC2. The fraction of sp³-hybridized carbons (Fsp3) is 0.154. The van der Waals surface area contributed by atoms with Crippen LogP contribution >= 0.6 is 0 Å². The molecule has 6 heteroatoms. The number of aryl methyl sites for hydroxylation is 1. The van der Waals surface area contributed by atoms with Gasteiger partial charge in [0.25, 0.3) is 0 Å². The van der Waals surface area contributed by atoms with E-state index in [0.717, 1.165) is 23.0 Å². The number of hydrogen-bond acceptors (Lipinski definition) is 5. The molecule has 1 aliphatic rings. The molecule has 6 nitrogen and oxygen atoms in total. The zero-order valence-corrected chi connectivity index (χ0v) is 10.2. The number of rotatable bonds is 1. The van der Waals surface area contributed by atoms with Gasteiger partial charge in [-0.25, -0.2) is 4.98 Å². The van der Waals surface area contributed by atoms with E-state index >= 15 is 0 Å². The van der Waals surface area contributed by atoms with E-state index in [1.807, 2.05) is 35.8 Å². The first kappa shape index (κ1) is 10.3. The summed E-state index contributed by atoms with van der Waals surface area (Å²) in [5.41, 5.74) is 1.63. The maximum absolute atomic E-state index is 5.64. The van der Waals surface area contributed by atoms with Crippen LogP contribution in [0, 0.1) is 6.92 Å². The highest BCUT2D eigenvalue weighted by molar-refractivity contribution is 5.60. The molecular weight excluding hydrogens is 244 g/mol. The van der Waals surface area contributed by atoms with Crippen LogP contribution in [0.15, 0.2) is 35.1 Å². The van der Waals surface area contributed by atoms with Gasteiger partial charge in [0, 0.05) is 0 Å². The summed E-state index contributed by atoms with van der Waals surface area (Å²) in [5, 5.41) is 8.37. The van der Waals surface area contributed by atoms with Gasteiger partial charge in [0.15, 0.2) is 18.0 Å². The number of ether oxygens (including phenoxy) is 1. The number of oxazole rings is 1. The highest BCUT2D eigenvalue weighted by Gasteiger charge is 2.25. The molecule has 3 heterocycles. The maximum Gasteiger partial charge on any atom is 0.191 e. The molecule has 0 aliphatic carbocycles. The highest BCUT2D eigenvalue weighted by atomic mass is 16.5. The van der Waals surface area contributed by atoms with Crippen LogP contribution in [0.4, 0.5) is 0 Å². The molecule has 0 unspecified atom stereocenters. The van der Waals surface area contributed by atoms with Crippen LogP contribution in [0.5, 0.6) is 5.75 Å². The van der Waals surface area contributed by atoms with Gasteiger partial charge in [-0.3, -0.25) is 4.57 Å². The standard InChI is InChI=1S/C13H10N4O2/c1-8-12(14-7-19-8)13-16-15-11-6-18-10-5-3-2-4-9(10)17(11)13/h2-5,7H,6H2,1H3. The van der Waals surface area contributed by atoms with E-state index in [1.54, 1.807) is 0 Å². The minimum atomic E-state index is 0.404. The van der Waals surface area contributed by atoms with Gasteiger partial charge >= 0.3 is 0 Å². The Morgan fingerprint density at radius 1 is 1.21 bits per heavy atom. The Kier molecular flexibility index (Phi) is 2.00. The predicted octanol–water partition coefficient (Wildman–Crippen LogP) is 2.12. The lowest BCUT2D eigenvalue weighted by Gasteiger charge is -2.19. The summed E-state index contributed by atoms with van der Waals surface area (Å²) < 4.78 is 12.8. The van der Waals surface area contributed by atoms with Gasteiger partial charge in [-0.05, 0) is 19.1 Å². The molecule has 0 radical (unpaired) electrons. The zero-order valence-electron chi connectivity index (χ0n) is 10.2. The molecule has 1 aromatic carbocycles. The number of nitrogens with zero attached hydrogens (tertiary/aromatic N) is 4. The van der Waals surface area contributed by atoms with Crippen molar-refractivity contribution in [3.05, 3.63) is 42.2 Å². The third kappa shape index (κ3) is 1.40. The summed E-state index contributed by atoms with van der Waals surface area (Å²) in [7, 11) is 0. The lowest BCUT2D eigenvalue weighted by atomic mass is 10.2. The van der Waals surface area contributed by atoms with Crippen LogP contribution in [0.1, 0.15) is 11.6 Å². The van der Waals surface area contributed by atoms with E-state index in [9.17, 15) is 0 Å². The third-order valence-electron chi connectivity index (χ3n) is 3.15. The Hall–Kier alpha value is -2.63. The monoisotopic (exact) mass is 254 g/mol. The van der Waals surface area contributed by atoms with Crippen LogP contribution in [-0.2, 0) is 6.61 Å². The quantitative estimate of drug-likeness (QED) is 0.665. The molecule has 3 aromatic rings. The Balaban J connectivity index is 2.00. The van der Waals surface area contributed by atoms with Crippen molar-refractivity contribution in [2.24, 2.45) is 0 Å². The molecular formula is C13H10N4O2.